The van der Waals surface area contributed by atoms with Gasteiger partial charge in [-0.25, -0.2) is 0 Å². The Morgan fingerprint density at radius 3 is 2.25 bits per heavy atom. The van der Waals surface area contributed by atoms with Gasteiger partial charge in [0, 0.05) is 5.92 Å². The summed E-state index contributed by atoms with van der Waals surface area (Å²) in [7, 11) is 0. The number of nitrogens with zero attached hydrogens (tertiary/aromatic N) is 2. The highest BCUT2D eigenvalue weighted by Gasteiger charge is 2.52. The number of hydrogen-bond acceptors (Lipinski definition) is 3. The van der Waals surface area contributed by atoms with Crippen molar-refractivity contribution < 1.29 is 5.11 Å². The van der Waals surface area contributed by atoms with E-state index in [1.807, 2.05) is 0 Å². The van der Waals surface area contributed by atoms with Gasteiger partial charge in [0.15, 0.2) is 0 Å². The van der Waals surface area contributed by atoms with Gasteiger partial charge < -0.3 is 5.11 Å². The third kappa shape index (κ3) is 0.422. The van der Waals surface area contributed by atoms with E-state index in [9.17, 15) is 0 Å². The average Bonchev–Trinajstić information content (AvgIpc) is 2.63. The Balaban J connectivity index is 2.01. The van der Waals surface area contributed by atoms with Crippen molar-refractivity contribution >= 4 is 0 Å². The first-order chi connectivity index (χ1) is 3.87. The summed E-state index contributed by atoms with van der Waals surface area (Å²) < 4.78 is 0. The molecule has 0 spiro atoms. The lowest BCUT2D eigenvalue weighted by molar-refractivity contribution is 0.229. The molecule has 0 unspecified atom stereocenters. The van der Waals surface area contributed by atoms with Gasteiger partial charge in [0.25, 0.3) is 0 Å². The van der Waals surface area contributed by atoms with E-state index in [-0.39, 0.29) is 12.3 Å². The minimum atomic E-state index is -0.292. The first-order valence-corrected chi connectivity index (χ1v) is 2.92. The molecular formula is C5H8N2O. The quantitative estimate of drug-likeness (QED) is 0.557. The van der Waals surface area contributed by atoms with Gasteiger partial charge in [-0.2, -0.15) is 10.2 Å². The fourth-order valence-corrected chi connectivity index (χ4v) is 0.966. The van der Waals surface area contributed by atoms with Gasteiger partial charge in [-0.1, -0.05) is 0 Å². The summed E-state index contributed by atoms with van der Waals surface area (Å²) in [6.45, 7) is 0.123. The lowest BCUT2D eigenvalue weighted by atomic mass is 10.1. The zero-order valence-corrected chi connectivity index (χ0v) is 4.54. The van der Waals surface area contributed by atoms with Crippen LogP contribution in [0, 0.1) is 5.92 Å². The minimum absolute atomic E-state index is 0.123. The van der Waals surface area contributed by atoms with Crippen molar-refractivity contribution in [3.8, 4) is 0 Å². The molecule has 0 radical (unpaired) electrons. The molecule has 0 aromatic heterocycles. The highest BCUT2D eigenvalue weighted by atomic mass is 16.3. The second kappa shape index (κ2) is 1.10. The molecule has 2 aliphatic rings. The monoisotopic (exact) mass is 112 g/mol. The van der Waals surface area contributed by atoms with Crippen LogP contribution in [0.3, 0.4) is 0 Å². The van der Waals surface area contributed by atoms with E-state index in [1.165, 1.54) is 12.8 Å². The zero-order chi connectivity index (χ0) is 5.61. The van der Waals surface area contributed by atoms with Crippen LogP contribution in [0.1, 0.15) is 12.8 Å². The molecule has 3 heteroatoms. The van der Waals surface area contributed by atoms with Gasteiger partial charge in [0.1, 0.15) is 0 Å². The van der Waals surface area contributed by atoms with Crippen LogP contribution in [-0.4, -0.2) is 17.4 Å². The Morgan fingerprint density at radius 1 is 1.50 bits per heavy atom. The molecule has 1 aliphatic heterocycles. The Kier molecular flexibility index (Phi) is 0.612. The number of hydrogen-bond donors (Lipinski definition) is 1. The highest BCUT2D eigenvalue weighted by Crippen LogP contribution is 2.49. The molecule has 0 aromatic carbocycles. The lowest BCUT2D eigenvalue weighted by Gasteiger charge is -2.00. The van der Waals surface area contributed by atoms with Crippen LogP contribution in [0.15, 0.2) is 10.2 Å². The van der Waals surface area contributed by atoms with E-state index in [1.54, 1.807) is 0 Å². The van der Waals surface area contributed by atoms with Gasteiger partial charge >= 0.3 is 0 Å². The van der Waals surface area contributed by atoms with E-state index < -0.39 is 0 Å². The molecule has 44 valence electrons. The predicted molar refractivity (Wildman–Crippen MR) is 27.4 cm³/mol. The minimum Gasteiger partial charge on any atom is -0.392 e. The summed E-state index contributed by atoms with van der Waals surface area (Å²) in [4.78, 5) is 0. The smallest absolute Gasteiger partial charge is 0.216 e. The van der Waals surface area contributed by atoms with Crippen molar-refractivity contribution in [2.24, 2.45) is 16.1 Å². The van der Waals surface area contributed by atoms with Gasteiger partial charge in [-0.05, 0) is 12.8 Å². The molecule has 3 nitrogen and oxygen atoms in total. The van der Waals surface area contributed by atoms with E-state index in [0.717, 1.165) is 0 Å². The summed E-state index contributed by atoms with van der Waals surface area (Å²) in [6.07, 6.45) is 2.40. The molecule has 0 amide bonds. The standard InChI is InChI=1S/C5H8N2O/c8-3-5(6-7-5)4-1-2-4/h4,8H,1-3H2. The molecule has 8 heavy (non-hydrogen) atoms. The zero-order valence-electron chi connectivity index (χ0n) is 4.54. The molecule has 0 atom stereocenters. The van der Waals surface area contributed by atoms with E-state index in [2.05, 4.69) is 10.2 Å². The number of rotatable bonds is 2. The first-order valence-electron chi connectivity index (χ1n) is 2.92. The van der Waals surface area contributed by atoms with E-state index >= 15 is 0 Å². The summed E-state index contributed by atoms with van der Waals surface area (Å²) in [5.74, 6) is 0.590. The van der Waals surface area contributed by atoms with Crippen LogP contribution >= 0.6 is 0 Å². The molecule has 1 fully saturated rings. The molecule has 0 aromatic rings. The lowest BCUT2D eigenvalue weighted by Crippen LogP contribution is -2.18. The van der Waals surface area contributed by atoms with Crippen LogP contribution in [0.4, 0.5) is 0 Å². The maximum Gasteiger partial charge on any atom is 0.216 e. The van der Waals surface area contributed by atoms with Crippen molar-refractivity contribution in [2.45, 2.75) is 18.5 Å². The van der Waals surface area contributed by atoms with Gasteiger partial charge in [-0.15, -0.1) is 0 Å². The van der Waals surface area contributed by atoms with Crippen molar-refractivity contribution in [3.63, 3.8) is 0 Å². The molecule has 1 N–H and O–H groups in total. The summed E-state index contributed by atoms with van der Waals surface area (Å²) >= 11 is 0. The molecule has 1 heterocycles. The molecule has 2 rings (SSSR count). The Bertz CT molecular complexity index is 133. The van der Waals surface area contributed by atoms with Crippen LogP contribution < -0.4 is 0 Å². The normalized spacial score (nSPS) is 30.6. The fraction of sp³-hybridized carbons (Fsp3) is 1.00. The summed E-state index contributed by atoms with van der Waals surface area (Å²) in [5.41, 5.74) is -0.292. The summed E-state index contributed by atoms with van der Waals surface area (Å²) in [6, 6.07) is 0. The van der Waals surface area contributed by atoms with Crippen LogP contribution in [0.5, 0.6) is 0 Å². The maximum atomic E-state index is 8.68. The largest absolute Gasteiger partial charge is 0.392 e. The molecule has 1 saturated carbocycles. The highest BCUT2D eigenvalue weighted by molar-refractivity contribution is 5.04. The van der Waals surface area contributed by atoms with Crippen LogP contribution in [-0.2, 0) is 0 Å². The summed E-state index contributed by atoms with van der Waals surface area (Å²) in [5, 5.41) is 16.3. The van der Waals surface area contributed by atoms with E-state index in [4.69, 9.17) is 5.11 Å². The van der Waals surface area contributed by atoms with Crippen molar-refractivity contribution in [1.29, 1.82) is 0 Å². The third-order valence-electron chi connectivity index (χ3n) is 1.82. The van der Waals surface area contributed by atoms with Gasteiger partial charge in [0.05, 0.1) is 6.61 Å². The van der Waals surface area contributed by atoms with Gasteiger partial charge in [-0.3, -0.25) is 0 Å². The topological polar surface area (TPSA) is 45.0 Å². The Hall–Kier alpha value is -0.440. The van der Waals surface area contributed by atoms with Gasteiger partial charge in [0.2, 0.25) is 5.66 Å². The maximum absolute atomic E-state index is 8.68. The Morgan fingerprint density at radius 2 is 2.12 bits per heavy atom. The molecule has 0 saturated heterocycles. The van der Waals surface area contributed by atoms with Crippen molar-refractivity contribution in [1.82, 2.24) is 0 Å². The molecule has 0 bridgehead atoms. The second-order valence-corrected chi connectivity index (χ2v) is 2.51. The third-order valence-corrected chi connectivity index (χ3v) is 1.82. The molecular weight excluding hydrogens is 104 g/mol. The van der Waals surface area contributed by atoms with Crippen molar-refractivity contribution in [3.05, 3.63) is 0 Å². The predicted octanol–water partition coefficient (Wildman–Crippen LogP) is 0.551. The average molecular weight is 112 g/mol. The van der Waals surface area contributed by atoms with E-state index in [0.29, 0.717) is 5.92 Å². The molecule has 1 aliphatic carbocycles. The van der Waals surface area contributed by atoms with Crippen LogP contribution in [0.25, 0.3) is 0 Å². The number of aliphatic hydroxyl groups is 1. The van der Waals surface area contributed by atoms with Crippen molar-refractivity contribution in [2.75, 3.05) is 6.61 Å². The first kappa shape index (κ1) is 4.44. The van der Waals surface area contributed by atoms with Crippen LogP contribution in [0.2, 0.25) is 0 Å². The fourth-order valence-electron chi connectivity index (χ4n) is 0.966. The SMILES string of the molecule is OCC1(C2CC2)N=N1. The Labute approximate surface area is 47.4 Å². The second-order valence-electron chi connectivity index (χ2n) is 2.51. The number of aliphatic hydroxyl groups excluding tert-OH is 1.